The molecule has 0 bridgehead atoms. The minimum atomic E-state index is -0.543. The van der Waals surface area contributed by atoms with E-state index < -0.39 is 5.60 Å². The molecule has 0 spiro atoms. The summed E-state index contributed by atoms with van der Waals surface area (Å²) < 4.78 is 0. The minimum absolute atomic E-state index is 0.543. The maximum atomic E-state index is 10.0. The predicted molar refractivity (Wildman–Crippen MR) is 64.0 cm³/mol. The highest BCUT2D eigenvalue weighted by Crippen LogP contribution is 2.16. The Balaban J connectivity index is 2.26. The number of nitrogens with one attached hydrogen (secondary N) is 1. The predicted octanol–water partition coefficient (Wildman–Crippen LogP) is 1.22. The van der Waals surface area contributed by atoms with Gasteiger partial charge in [-0.25, -0.2) is 0 Å². The van der Waals surface area contributed by atoms with E-state index in [1.54, 1.807) is 0 Å². The Morgan fingerprint density at radius 2 is 2.20 bits per heavy atom. The molecule has 1 aliphatic heterocycles. The summed E-state index contributed by atoms with van der Waals surface area (Å²) in [6.45, 7) is 8.10. The van der Waals surface area contributed by atoms with Crippen LogP contribution in [0, 0.1) is 0 Å². The molecular weight excluding hydrogens is 188 g/mol. The lowest BCUT2D eigenvalue weighted by Crippen LogP contribution is -2.43. The second-order valence-corrected chi connectivity index (χ2v) is 5.35. The lowest BCUT2D eigenvalue weighted by Gasteiger charge is -2.25. The first-order chi connectivity index (χ1) is 6.94. The third kappa shape index (κ3) is 4.09. The molecule has 1 heterocycles. The van der Waals surface area contributed by atoms with Gasteiger partial charge >= 0.3 is 0 Å². The molecule has 1 fully saturated rings. The normalized spacial score (nSPS) is 31.8. The van der Waals surface area contributed by atoms with Crippen molar-refractivity contribution < 1.29 is 5.11 Å². The van der Waals surface area contributed by atoms with Crippen LogP contribution in [0.25, 0.3) is 0 Å². The summed E-state index contributed by atoms with van der Waals surface area (Å²) in [6.07, 6.45) is 3.10. The molecule has 15 heavy (non-hydrogen) atoms. The quantitative estimate of drug-likeness (QED) is 0.722. The molecule has 1 rings (SSSR count). The third-order valence-electron chi connectivity index (χ3n) is 3.45. The molecule has 3 atom stereocenters. The van der Waals surface area contributed by atoms with Crippen LogP contribution in [0.5, 0.6) is 0 Å². The van der Waals surface area contributed by atoms with Gasteiger partial charge < -0.3 is 15.3 Å². The van der Waals surface area contributed by atoms with Gasteiger partial charge in [-0.1, -0.05) is 13.3 Å². The van der Waals surface area contributed by atoms with E-state index >= 15 is 0 Å². The van der Waals surface area contributed by atoms with E-state index in [9.17, 15) is 5.11 Å². The summed E-state index contributed by atoms with van der Waals surface area (Å²) in [4.78, 5) is 2.37. The summed E-state index contributed by atoms with van der Waals surface area (Å²) in [7, 11) is 2.16. The van der Waals surface area contributed by atoms with Crippen molar-refractivity contribution in [2.24, 2.45) is 0 Å². The number of likely N-dealkylation sites (N-methyl/N-ethyl adjacent to an activating group) is 1. The van der Waals surface area contributed by atoms with Crippen molar-refractivity contribution in [1.82, 2.24) is 10.2 Å². The van der Waals surface area contributed by atoms with Crippen molar-refractivity contribution >= 4 is 0 Å². The van der Waals surface area contributed by atoms with Crippen molar-refractivity contribution in [3.05, 3.63) is 0 Å². The van der Waals surface area contributed by atoms with Crippen LogP contribution >= 0.6 is 0 Å². The molecule has 1 saturated heterocycles. The smallest absolute Gasteiger partial charge is 0.0743 e. The van der Waals surface area contributed by atoms with E-state index in [4.69, 9.17) is 0 Å². The van der Waals surface area contributed by atoms with Crippen LogP contribution < -0.4 is 5.32 Å². The van der Waals surface area contributed by atoms with E-state index in [-0.39, 0.29) is 0 Å². The second-order valence-electron chi connectivity index (χ2n) is 5.35. The summed E-state index contributed by atoms with van der Waals surface area (Å²) in [6, 6.07) is 1.21. The Hall–Kier alpha value is -0.120. The van der Waals surface area contributed by atoms with Gasteiger partial charge in [0.25, 0.3) is 0 Å². The van der Waals surface area contributed by atoms with Crippen molar-refractivity contribution in [1.29, 1.82) is 0 Å². The molecule has 2 N–H and O–H groups in total. The highest BCUT2D eigenvalue weighted by atomic mass is 16.3. The van der Waals surface area contributed by atoms with E-state index in [1.807, 2.05) is 6.92 Å². The fourth-order valence-corrected chi connectivity index (χ4v) is 2.33. The lowest BCUT2D eigenvalue weighted by molar-refractivity contribution is 0.0474. The zero-order valence-electron chi connectivity index (χ0n) is 10.6. The first-order valence-electron chi connectivity index (χ1n) is 6.10. The van der Waals surface area contributed by atoms with Gasteiger partial charge in [0.15, 0.2) is 0 Å². The summed E-state index contributed by atoms with van der Waals surface area (Å²) in [5.41, 5.74) is -0.543. The van der Waals surface area contributed by atoms with Crippen LogP contribution in [0.3, 0.4) is 0 Å². The number of aliphatic hydroxyl groups is 1. The number of hydrogen-bond donors (Lipinski definition) is 2. The molecule has 0 saturated carbocycles. The van der Waals surface area contributed by atoms with Crippen LogP contribution in [0.1, 0.15) is 40.0 Å². The third-order valence-corrected chi connectivity index (χ3v) is 3.45. The molecule has 0 aromatic heterocycles. The molecule has 3 unspecified atom stereocenters. The van der Waals surface area contributed by atoms with Crippen LogP contribution in [0.2, 0.25) is 0 Å². The van der Waals surface area contributed by atoms with Crippen LogP contribution in [0.4, 0.5) is 0 Å². The minimum Gasteiger partial charge on any atom is -0.389 e. The van der Waals surface area contributed by atoms with E-state index in [2.05, 4.69) is 31.1 Å². The fraction of sp³-hybridized carbons (Fsp3) is 1.00. The van der Waals surface area contributed by atoms with Crippen molar-refractivity contribution in [3.8, 4) is 0 Å². The number of rotatable bonds is 5. The Morgan fingerprint density at radius 3 is 2.67 bits per heavy atom. The molecule has 0 aromatic rings. The first kappa shape index (κ1) is 12.9. The van der Waals surface area contributed by atoms with Gasteiger partial charge in [0, 0.05) is 25.2 Å². The van der Waals surface area contributed by atoms with Gasteiger partial charge in [-0.15, -0.1) is 0 Å². The Bertz CT molecular complexity index is 184. The van der Waals surface area contributed by atoms with Crippen LogP contribution in [-0.2, 0) is 0 Å². The van der Waals surface area contributed by atoms with Gasteiger partial charge in [0.2, 0.25) is 0 Å². The van der Waals surface area contributed by atoms with Gasteiger partial charge in [-0.05, 0) is 33.7 Å². The van der Waals surface area contributed by atoms with E-state index in [0.717, 1.165) is 19.4 Å². The Morgan fingerprint density at radius 1 is 1.53 bits per heavy atom. The summed E-state index contributed by atoms with van der Waals surface area (Å²) >= 11 is 0. The van der Waals surface area contributed by atoms with Crippen molar-refractivity contribution in [2.45, 2.75) is 57.7 Å². The van der Waals surface area contributed by atoms with E-state index in [0.29, 0.717) is 18.6 Å². The van der Waals surface area contributed by atoms with Crippen LogP contribution in [-0.4, -0.2) is 47.8 Å². The molecule has 0 radical (unpaired) electrons. The maximum absolute atomic E-state index is 10.0. The number of hydrogen-bond acceptors (Lipinski definition) is 3. The second kappa shape index (κ2) is 5.28. The standard InChI is InChI=1S/C12H26N2O/c1-5-6-12(3,15)9-13-11-7-10(2)14(4)8-11/h10-11,13,15H,5-9H2,1-4H3. The van der Waals surface area contributed by atoms with E-state index in [1.165, 1.54) is 6.42 Å². The monoisotopic (exact) mass is 214 g/mol. The molecule has 0 aromatic carbocycles. The first-order valence-corrected chi connectivity index (χ1v) is 6.10. The van der Waals surface area contributed by atoms with Crippen molar-refractivity contribution in [3.63, 3.8) is 0 Å². The summed E-state index contributed by atoms with van der Waals surface area (Å²) in [5, 5.41) is 13.5. The molecule has 0 amide bonds. The molecule has 0 aliphatic carbocycles. The highest BCUT2D eigenvalue weighted by Gasteiger charge is 2.28. The molecule has 1 aliphatic rings. The number of likely N-dealkylation sites (tertiary alicyclic amines) is 1. The number of nitrogens with zero attached hydrogens (tertiary/aromatic N) is 1. The lowest BCUT2D eigenvalue weighted by atomic mass is 10.0. The van der Waals surface area contributed by atoms with Gasteiger partial charge in [0.1, 0.15) is 0 Å². The van der Waals surface area contributed by atoms with Gasteiger partial charge in [0.05, 0.1) is 5.60 Å². The maximum Gasteiger partial charge on any atom is 0.0743 e. The highest BCUT2D eigenvalue weighted by molar-refractivity contribution is 4.87. The average Bonchev–Trinajstić information content (AvgIpc) is 2.44. The van der Waals surface area contributed by atoms with Gasteiger partial charge in [-0.2, -0.15) is 0 Å². The van der Waals surface area contributed by atoms with Crippen molar-refractivity contribution in [2.75, 3.05) is 20.1 Å². The largest absolute Gasteiger partial charge is 0.389 e. The molecular formula is C12H26N2O. The Labute approximate surface area is 93.9 Å². The fourth-order valence-electron chi connectivity index (χ4n) is 2.33. The molecule has 90 valence electrons. The molecule has 3 heteroatoms. The topological polar surface area (TPSA) is 35.5 Å². The molecule has 3 nitrogen and oxygen atoms in total. The van der Waals surface area contributed by atoms with Crippen LogP contribution in [0.15, 0.2) is 0 Å². The average molecular weight is 214 g/mol. The zero-order valence-corrected chi connectivity index (χ0v) is 10.6. The SMILES string of the molecule is CCCC(C)(O)CNC1CC(C)N(C)C1. The Kier molecular flexibility index (Phi) is 4.56. The summed E-state index contributed by atoms with van der Waals surface area (Å²) in [5.74, 6) is 0. The zero-order chi connectivity index (χ0) is 11.5. The van der Waals surface area contributed by atoms with Gasteiger partial charge in [-0.3, -0.25) is 0 Å².